The summed E-state index contributed by atoms with van der Waals surface area (Å²) in [6, 6.07) is 6.00. The molecule has 2 aromatic rings. The van der Waals surface area contributed by atoms with Gasteiger partial charge in [0.2, 0.25) is 5.76 Å². The highest BCUT2D eigenvalue weighted by Gasteiger charge is 2.11. The Morgan fingerprint density at radius 2 is 2.15 bits per heavy atom. The number of nitrogens with one attached hydrogen (secondary N) is 1. The highest BCUT2D eigenvalue weighted by Crippen LogP contribution is 2.08. The Labute approximate surface area is 114 Å². The number of aromatic carboxylic acids is 1. The number of carbonyl (C=O) groups excluding carboxylic acids is 1. The Morgan fingerprint density at radius 3 is 2.80 bits per heavy atom. The van der Waals surface area contributed by atoms with Gasteiger partial charge >= 0.3 is 5.97 Å². The minimum atomic E-state index is -1.15. The van der Waals surface area contributed by atoms with Gasteiger partial charge in [0, 0.05) is 18.3 Å². The minimum Gasteiger partial charge on any atom is -0.475 e. The molecule has 1 amide bonds. The predicted octanol–water partition coefficient (Wildman–Crippen LogP) is 0.761. The van der Waals surface area contributed by atoms with Gasteiger partial charge in [-0.1, -0.05) is 0 Å². The molecule has 0 aliphatic carbocycles. The molecule has 0 fully saturated rings. The van der Waals surface area contributed by atoms with Gasteiger partial charge in [-0.2, -0.15) is 0 Å². The highest BCUT2D eigenvalue weighted by molar-refractivity contribution is 5.94. The highest BCUT2D eigenvalue weighted by atomic mass is 16.4. The summed E-state index contributed by atoms with van der Waals surface area (Å²) in [4.78, 5) is 26.5. The molecule has 0 bridgehead atoms. The number of pyridine rings is 1. The van der Waals surface area contributed by atoms with Crippen LogP contribution in [0.5, 0.6) is 0 Å². The Morgan fingerprint density at radius 1 is 1.35 bits per heavy atom. The zero-order valence-corrected chi connectivity index (χ0v) is 10.5. The maximum atomic E-state index is 11.9. The quantitative estimate of drug-likeness (QED) is 0.741. The van der Waals surface area contributed by atoms with Crippen LogP contribution in [0.25, 0.3) is 0 Å². The lowest BCUT2D eigenvalue weighted by atomic mass is 10.2. The molecular formula is C13H13N3O4. The molecule has 0 spiro atoms. The molecular weight excluding hydrogens is 262 g/mol. The number of amides is 1. The van der Waals surface area contributed by atoms with Crippen molar-refractivity contribution >= 4 is 11.9 Å². The van der Waals surface area contributed by atoms with E-state index in [9.17, 15) is 9.59 Å². The van der Waals surface area contributed by atoms with Crippen molar-refractivity contribution in [3.63, 3.8) is 0 Å². The molecule has 0 unspecified atom stereocenters. The first-order valence-corrected chi connectivity index (χ1v) is 5.85. The first-order valence-electron chi connectivity index (χ1n) is 5.85. The molecule has 0 radical (unpaired) electrons. The SMILES string of the molecule is NCc1cc(C(=O)NCc2ccc(C(=O)O)o2)ccn1. The van der Waals surface area contributed by atoms with E-state index in [1.807, 2.05) is 0 Å². The van der Waals surface area contributed by atoms with Gasteiger partial charge in [-0.25, -0.2) is 4.79 Å². The fourth-order valence-electron chi connectivity index (χ4n) is 1.59. The van der Waals surface area contributed by atoms with Crippen molar-refractivity contribution in [1.29, 1.82) is 0 Å². The van der Waals surface area contributed by atoms with Crippen molar-refractivity contribution in [1.82, 2.24) is 10.3 Å². The van der Waals surface area contributed by atoms with Gasteiger partial charge in [-0.05, 0) is 24.3 Å². The molecule has 2 heterocycles. The van der Waals surface area contributed by atoms with E-state index in [1.165, 1.54) is 18.3 Å². The van der Waals surface area contributed by atoms with Crippen molar-refractivity contribution in [3.05, 3.63) is 53.2 Å². The number of hydrogen-bond donors (Lipinski definition) is 3. The van der Waals surface area contributed by atoms with Crippen molar-refractivity contribution in [2.75, 3.05) is 0 Å². The van der Waals surface area contributed by atoms with Crippen LogP contribution in [0, 0.1) is 0 Å². The molecule has 4 N–H and O–H groups in total. The van der Waals surface area contributed by atoms with Crippen molar-refractivity contribution < 1.29 is 19.1 Å². The largest absolute Gasteiger partial charge is 0.475 e. The molecule has 0 aliphatic heterocycles. The van der Waals surface area contributed by atoms with Crippen LogP contribution in [-0.4, -0.2) is 22.0 Å². The normalized spacial score (nSPS) is 10.2. The number of nitrogens with zero attached hydrogens (tertiary/aromatic N) is 1. The molecule has 0 aromatic carbocycles. The Kier molecular flexibility index (Phi) is 4.11. The zero-order chi connectivity index (χ0) is 14.5. The van der Waals surface area contributed by atoms with Crippen LogP contribution in [0.2, 0.25) is 0 Å². The molecule has 0 atom stereocenters. The summed E-state index contributed by atoms with van der Waals surface area (Å²) < 4.78 is 5.03. The summed E-state index contributed by atoms with van der Waals surface area (Å²) in [6.45, 7) is 0.355. The summed E-state index contributed by atoms with van der Waals surface area (Å²) in [5.41, 5.74) is 6.50. The minimum absolute atomic E-state index is 0.104. The average Bonchev–Trinajstić information content (AvgIpc) is 2.94. The van der Waals surface area contributed by atoms with Crippen LogP contribution in [0.3, 0.4) is 0 Å². The Hall–Kier alpha value is -2.67. The number of aromatic nitrogens is 1. The van der Waals surface area contributed by atoms with Gasteiger partial charge in [-0.3, -0.25) is 9.78 Å². The molecule has 20 heavy (non-hydrogen) atoms. The zero-order valence-electron chi connectivity index (χ0n) is 10.5. The molecule has 7 nitrogen and oxygen atoms in total. The van der Waals surface area contributed by atoms with Crippen molar-refractivity contribution in [3.8, 4) is 0 Å². The van der Waals surface area contributed by atoms with Crippen LogP contribution in [0.4, 0.5) is 0 Å². The van der Waals surface area contributed by atoms with Crippen LogP contribution < -0.4 is 11.1 Å². The molecule has 2 rings (SSSR count). The van der Waals surface area contributed by atoms with E-state index in [1.54, 1.807) is 12.1 Å². The second-order valence-electron chi connectivity index (χ2n) is 3.99. The fourth-order valence-corrected chi connectivity index (χ4v) is 1.59. The van der Waals surface area contributed by atoms with Crippen LogP contribution >= 0.6 is 0 Å². The number of carboxylic acids is 1. The van der Waals surface area contributed by atoms with E-state index in [-0.39, 0.29) is 24.8 Å². The standard InChI is InChI=1S/C13H13N3O4/c14-6-9-5-8(3-4-15-9)12(17)16-7-10-1-2-11(20-10)13(18)19/h1-5H,6-7,14H2,(H,16,17)(H,18,19). The summed E-state index contributed by atoms with van der Waals surface area (Å²) >= 11 is 0. The van der Waals surface area contributed by atoms with Gasteiger partial charge in [0.25, 0.3) is 5.91 Å². The van der Waals surface area contributed by atoms with Gasteiger partial charge < -0.3 is 20.6 Å². The van der Waals surface area contributed by atoms with E-state index in [0.717, 1.165) is 0 Å². The van der Waals surface area contributed by atoms with E-state index in [0.29, 0.717) is 17.0 Å². The van der Waals surface area contributed by atoms with Gasteiger partial charge in [0.1, 0.15) is 5.76 Å². The Bertz CT molecular complexity index is 636. The molecule has 7 heteroatoms. The first kappa shape index (κ1) is 13.8. The summed E-state index contributed by atoms with van der Waals surface area (Å²) in [5.74, 6) is -1.26. The third-order valence-corrected chi connectivity index (χ3v) is 2.58. The summed E-state index contributed by atoms with van der Waals surface area (Å²) in [6.07, 6.45) is 1.51. The topological polar surface area (TPSA) is 118 Å². The summed E-state index contributed by atoms with van der Waals surface area (Å²) in [7, 11) is 0. The molecule has 0 aliphatic rings. The number of furan rings is 1. The number of nitrogens with two attached hydrogens (primary N) is 1. The Balaban J connectivity index is 1.98. The lowest BCUT2D eigenvalue weighted by Crippen LogP contribution is -2.23. The van der Waals surface area contributed by atoms with E-state index in [2.05, 4.69) is 10.3 Å². The number of rotatable bonds is 5. The van der Waals surface area contributed by atoms with Crippen molar-refractivity contribution in [2.24, 2.45) is 5.73 Å². The van der Waals surface area contributed by atoms with Gasteiger partial charge in [0.05, 0.1) is 12.2 Å². The number of carboxylic acid groups (broad SMARTS) is 1. The third-order valence-electron chi connectivity index (χ3n) is 2.58. The van der Waals surface area contributed by atoms with E-state index in [4.69, 9.17) is 15.3 Å². The smallest absolute Gasteiger partial charge is 0.371 e. The fraction of sp³-hybridized carbons (Fsp3) is 0.154. The lowest BCUT2D eigenvalue weighted by molar-refractivity contribution is 0.0660. The van der Waals surface area contributed by atoms with Crippen molar-refractivity contribution in [2.45, 2.75) is 13.1 Å². The molecule has 0 saturated carbocycles. The van der Waals surface area contributed by atoms with E-state index < -0.39 is 5.97 Å². The third kappa shape index (κ3) is 3.21. The predicted molar refractivity (Wildman–Crippen MR) is 69.0 cm³/mol. The lowest BCUT2D eigenvalue weighted by Gasteiger charge is -2.04. The van der Waals surface area contributed by atoms with Crippen LogP contribution in [-0.2, 0) is 13.1 Å². The monoisotopic (exact) mass is 275 g/mol. The van der Waals surface area contributed by atoms with Gasteiger partial charge in [-0.15, -0.1) is 0 Å². The second kappa shape index (κ2) is 5.98. The summed E-state index contributed by atoms with van der Waals surface area (Å²) in [5, 5.41) is 11.3. The second-order valence-corrected chi connectivity index (χ2v) is 3.99. The maximum Gasteiger partial charge on any atom is 0.371 e. The van der Waals surface area contributed by atoms with Crippen LogP contribution in [0.1, 0.15) is 32.4 Å². The molecule has 0 saturated heterocycles. The number of carbonyl (C=O) groups is 2. The number of hydrogen-bond acceptors (Lipinski definition) is 5. The van der Waals surface area contributed by atoms with Crippen LogP contribution in [0.15, 0.2) is 34.9 Å². The van der Waals surface area contributed by atoms with E-state index >= 15 is 0 Å². The maximum absolute atomic E-state index is 11.9. The first-order chi connectivity index (χ1) is 9.60. The molecule has 2 aromatic heterocycles. The average molecular weight is 275 g/mol. The van der Waals surface area contributed by atoms with Gasteiger partial charge in [0.15, 0.2) is 0 Å². The molecule has 104 valence electrons.